The zero-order valence-electron chi connectivity index (χ0n) is 13.5. The van der Waals surface area contributed by atoms with E-state index in [0.29, 0.717) is 0 Å². The molecule has 1 fully saturated rings. The van der Waals surface area contributed by atoms with Crippen molar-refractivity contribution < 1.29 is 0 Å². The summed E-state index contributed by atoms with van der Waals surface area (Å²) in [5, 5.41) is 0. The van der Waals surface area contributed by atoms with Crippen molar-refractivity contribution in [2.45, 2.75) is 19.3 Å². The lowest BCUT2D eigenvalue weighted by Crippen LogP contribution is -2.31. The van der Waals surface area contributed by atoms with Gasteiger partial charge in [0.15, 0.2) is 0 Å². The van der Waals surface area contributed by atoms with Crippen molar-refractivity contribution in [3.8, 4) is 22.5 Å². The van der Waals surface area contributed by atoms with Gasteiger partial charge in [0.1, 0.15) is 6.33 Å². The molecule has 1 saturated heterocycles. The van der Waals surface area contributed by atoms with E-state index in [2.05, 4.69) is 27.0 Å². The van der Waals surface area contributed by atoms with Crippen LogP contribution in [0.1, 0.15) is 19.3 Å². The first-order chi connectivity index (χ1) is 11.9. The first-order valence-corrected chi connectivity index (χ1v) is 8.35. The van der Waals surface area contributed by atoms with E-state index in [1.165, 1.54) is 25.6 Å². The number of hydrogen-bond acceptors (Lipinski definition) is 5. The van der Waals surface area contributed by atoms with Crippen LogP contribution in [0, 0.1) is 0 Å². The van der Waals surface area contributed by atoms with Crippen LogP contribution in [-0.4, -0.2) is 33.0 Å². The number of hydrogen-bond donors (Lipinski definition) is 0. The minimum Gasteiger partial charge on any atom is -0.341 e. The monoisotopic (exact) mass is 317 g/mol. The molecule has 0 unspecified atom stereocenters. The first-order valence-electron chi connectivity index (χ1n) is 8.35. The van der Waals surface area contributed by atoms with Gasteiger partial charge >= 0.3 is 0 Å². The van der Waals surface area contributed by atoms with Gasteiger partial charge in [0.25, 0.3) is 0 Å². The molecule has 3 heterocycles. The lowest BCUT2D eigenvalue weighted by atomic mass is 10.1. The third-order valence-electron chi connectivity index (χ3n) is 4.28. The Balaban J connectivity index is 1.81. The van der Waals surface area contributed by atoms with Crippen molar-refractivity contribution in [2.24, 2.45) is 0 Å². The quantitative estimate of drug-likeness (QED) is 0.739. The molecule has 24 heavy (non-hydrogen) atoms. The van der Waals surface area contributed by atoms with Gasteiger partial charge in [-0.15, -0.1) is 0 Å². The second kappa shape index (κ2) is 6.74. The maximum Gasteiger partial charge on any atom is 0.226 e. The van der Waals surface area contributed by atoms with E-state index in [1.807, 2.05) is 24.3 Å². The lowest BCUT2D eigenvalue weighted by Gasteiger charge is -2.27. The second-order valence-corrected chi connectivity index (χ2v) is 5.98. The highest BCUT2D eigenvalue weighted by molar-refractivity contribution is 5.68. The summed E-state index contributed by atoms with van der Waals surface area (Å²) in [7, 11) is 0. The van der Waals surface area contributed by atoms with Crippen LogP contribution in [-0.2, 0) is 0 Å². The van der Waals surface area contributed by atoms with Gasteiger partial charge < -0.3 is 4.90 Å². The fraction of sp³-hybridized carbons (Fsp3) is 0.263. The normalized spacial score (nSPS) is 14.6. The van der Waals surface area contributed by atoms with E-state index < -0.39 is 0 Å². The Morgan fingerprint density at radius 3 is 2.12 bits per heavy atom. The zero-order valence-corrected chi connectivity index (χ0v) is 13.5. The molecular formula is C19H19N5. The molecule has 120 valence electrons. The van der Waals surface area contributed by atoms with Gasteiger partial charge in [0.05, 0.1) is 11.4 Å². The first kappa shape index (κ1) is 14.8. The zero-order chi connectivity index (χ0) is 16.2. The van der Waals surface area contributed by atoms with E-state index in [9.17, 15) is 0 Å². The van der Waals surface area contributed by atoms with Crippen molar-refractivity contribution in [1.82, 2.24) is 19.9 Å². The number of benzene rings is 1. The molecule has 1 aliphatic rings. The molecule has 5 nitrogen and oxygen atoms in total. The molecule has 0 N–H and O–H groups in total. The highest BCUT2D eigenvalue weighted by Crippen LogP contribution is 2.26. The van der Waals surface area contributed by atoms with Crippen LogP contribution in [0.4, 0.5) is 5.95 Å². The average Bonchev–Trinajstić information content (AvgIpc) is 2.70. The molecule has 5 heteroatoms. The summed E-state index contributed by atoms with van der Waals surface area (Å²) in [5.41, 5.74) is 3.81. The maximum absolute atomic E-state index is 4.83. The number of rotatable bonds is 3. The summed E-state index contributed by atoms with van der Waals surface area (Å²) in [6, 6.07) is 12.2. The molecule has 0 radical (unpaired) electrons. The highest BCUT2D eigenvalue weighted by atomic mass is 15.3. The van der Waals surface area contributed by atoms with Gasteiger partial charge in [0, 0.05) is 36.6 Å². The summed E-state index contributed by atoms with van der Waals surface area (Å²) in [6.07, 6.45) is 8.81. The maximum atomic E-state index is 4.83. The number of nitrogens with zero attached hydrogens (tertiary/aromatic N) is 5. The molecule has 0 aliphatic carbocycles. The smallest absolute Gasteiger partial charge is 0.226 e. The Labute approximate surface area is 141 Å². The predicted octanol–water partition coefficient (Wildman–Crippen LogP) is 3.59. The van der Waals surface area contributed by atoms with Crippen LogP contribution in [0.2, 0.25) is 0 Å². The van der Waals surface area contributed by atoms with Gasteiger partial charge in [-0.2, -0.15) is 0 Å². The molecule has 0 saturated carbocycles. The highest BCUT2D eigenvalue weighted by Gasteiger charge is 2.16. The lowest BCUT2D eigenvalue weighted by molar-refractivity contribution is 0.568. The van der Waals surface area contributed by atoms with Gasteiger partial charge in [-0.1, -0.05) is 30.3 Å². The van der Waals surface area contributed by atoms with Crippen molar-refractivity contribution in [1.29, 1.82) is 0 Å². The van der Waals surface area contributed by atoms with Crippen LogP contribution >= 0.6 is 0 Å². The van der Waals surface area contributed by atoms with Crippen LogP contribution in [0.25, 0.3) is 22.5 Å². The molecule has 2 aromatic heterocycles. The summed E-state index contributed by atoms with van der Waals surface area (Å²) < 4.78 is 0. The van der Waals surface area contributed by atoms with Crippen LogP contribution < -0.4 is 4.90 Å². The van der Waals surface area contributed by atoms with E-state index >= 15 is 0 Å². The van der Waals surface area contributed by atoms with Gasteiger partial charge in [-0.25, -0.2) is 19.9 Å². The van der Waals surface area contributed by atoms with Gasteiger partial charge in [-0.3, -0.25) is 0 Å². The summed E-state index contributed by atoms with van der Waals surface area (Å²) >= 11 is 0. The fourth-order valence-corrected chi connectivity index (χ4v) is 3.01. The molecule has 0 bridgehead atoms. The van der Waals surface area contributed by atoms with E-state index in [-0.39, 0.29) is 0 Å². The summed E-state index contributed by atoms with van der Waals surface area (Å²) in [6.45, 7) is 2.03. The largest absolute Gasteiger partial charge is 0.341 e. The van der Waals surface area contributed by atoms with Gasteiger partial charge in [0.2, 0.25) is 5.95 Å². The Hall–Kier alpha value is -2.82. The topological polar surface area (TPSA) is 54.8 Å². The van der Waals surface area contributed by atoms with Crippen LogP contribution in [0.5, 0.6) is 0 Å². The van der Waals surface area contributed by atoms with E-state index in [4.69, 9.17) is 9.97 Å². The molecule has 4 rings (SSSR count). The SMILES string of the molecule is c1ccc(-c2cc(-c3cncnc3)nc(N3CCCCC3)n2)cc1. The Kier molecular flexibility index (Phi) is 4.14. The van der Waals surface area contributed by atoms with Crippen molar-refractivity contribution in [2.75, 3.05) is 18.0 Å². The Bertz CT molecular complexity index is 741. The van der Waals surface area contributed by atoms with Crippen LogP contribution in [0.3, 0.4) is 0 Å². The minimum atomic E-state index is 0.801. The molecule has 3 aromatic rings. The summed E-state index contributed by atoms with van der Waals surface area (Å²) in [5.74, 6) is 0.801. The minimum absolute atomic E-state index is 0.801. The third kappa shape index (κ3) is 3.11. The summed E-state index contributed by atoms with van der Waals surface area (Å²) in [4.78, 5) is 20.1. The third-order valence-corrected chi connectivity index (χ3v) is 4.28. The van der Waals surface area contributed by atoms with Crippen molar-refractivity contribution in [3.63, 3.8) is 0 Å². The molecular weight excluding hydrogens is 298 g/mol. The van der Waals surface area contributed by atoms with E-state index in [1.54, 1.807) is 12.4 Å². The number of piperidine rings is 1. The van der Waals surface area contributed by atoms with E-state index in [0.717, 1.165) is 41.6 Å². The van der Waals surface area contributed by atoms with Crippen molar-refractivity contribution >= 4 is 5.95 Å². The second-order valence-electron chi connectivity index (χ2n) is 5.98. The van der Waals surface area contributed by atoms with Gasteiger partial charge in [-0.05, 0) is 25.3 Å². The van der Waals surface area contributed by atoms with Crippen molar-refractivity contribution in [3.05, 3.63) is 55.1 Å². The number of anilines is 1. The molecule has 0 spiro atoms. The molecule has 1 aliphatic heterocycles. The Morgan fingerprint density at radius 1 is 0.750 bits per heavy atom. The van der Waals surface area contributed by atoms with Crippen LogP contribution in [0.15, 0.2) is 55.1 Å². The molecule has 0 amide bonds. The fourth-order valence-electron chi connectivity index (χ4n) is 3.01. The Morgan fingerprint density at radius 2 is 1.42 bits per heavy atom. The predicted molar refractivity (Wildman–Crippen MR) is 94.6 cm³/mol. The standard InChI is InChI=1S/C19H19N5/c1-3-7-15(8-4-1)17-11-18(16-12-20-14-21-13-16)23-19(22-17)24-9-5-2-6-10-24/h1,3-4,7-8,11-14H,2,5-6,9-10H2. The molecule has 0 atom stereocenters. The molecule has 1 aromatic carbocycles. The average molecular weight is 317 g/mol. The number of aromatic nitrogens is 4.